The van der Waals surface area contributed by atoms with Crippen molar-refractivity contribution in [2.24, 2.45) is 0 Å². The topological polar surface area (TPSA) is 112 Å². The lowest BCUT2D eigenvalue weighted by Gasteiger charge is -2.14. The van der Waals surface area contributed by atoms with Crippen LogP contribution in [0.5, 0.6) is 0 Å². The van der Waals surface area contributed by atoms with E-state index in [1.807, 2.05) is 6.07 Å². The van der Waals surface area contributed by atoms with Gasteiger partial charge in [-0.15, -0.1) is 0 Å². The molecule has 0 radical (unpaired) electrons. The van der Waals surface area contributed by atoms with Gasteiger partial charge in [-0.05, 0) is 25.1 Å². The molecule has 4 rings (SSSR count). The molecule has 9 nitrogen and oxygen atoms in total. The smallest absolute Gasteiger partial charge is 0.406 e. The van der Waals surface area contributed by atoms with Crippen LogP contribution in [0, 0.1) is 0 Å². The standard InChI is InChI=1S/C19H17N5O4/c1-12(24-18(26)14-6-3-2-5-13(14)11-22-24)17(25)21-9-10-23-16-15(28-19(23)27)7-4-8-20-16/h2-8,11-12H,9-10H2,1H3,(H,21,25). The molecule has 9 heteroatoms. The molecule has 0 saturated carbocycles. The van der Waals surface area contributed by atoms with Crippen LogP contribution in [0.15, 0.2) is 62.8 Å². The van der Waals surface area contributed by atoms with Crippen molar-refractivity contribution >= 4 is 27.9 Å². The van der Waals surface area contributed by atoms with Crippen molar-refractivity contribution in [3.63, 3.8) is 0 Å². The predicted molar refractivity (Wildman–Crippen MR) is 102 cm³/mol. The van der Waals surface area contributed by atoms with Crippen LogP contribution in [0.3, 0.4) is 0 Å². The van der Waals surface area contributed by atoms with Crippen molar-refractivity contribution in [1.82, 2.24) is 24.6 Å². The summed E-state index contributed by atoms with van der Waals surface area (Å²) in [5.74, 6) is -0.915. The third kappa shape index (κ3) is 3.07. The second-order valence-electron chi connectivity index (χ2n) is 6.29. The molecule has 0 aliphatic carbocycles. The minimum Gasteiger partial charge on any atom is -0.406 e. The Morgan fingerprint density at radius 2 is 2.04 bits per heavy atom. The molecule has 0 spiro atoms. The maximum Gasteiger partial charge on any atom is 0.421 e. The molecule has 0 aliphatic heterocycles. The number of carbonyl (C=O) groups is 1. The fourth-order valence-electron chi connectivity index (χ4n) is 3.03. The monoisotopic (exact) mass is 379 g/mol. The Bertz CT molecular complexity index is 1290. The zero-order chi connectivity index (χ0) is 19.7. The molecule has 0 saturated heterocycles. The van der Waals surface area contributed by atoms with Crippen LogP contribution in [-0.2, 0) is 11.3 Å². The Balaban J connectivity index is 1.48. The van der Waals surface area contributed by atoms with E-state index in [1.165, 1.54) is 4.57 Å². The second kappa shape index (κ2) is 7.10. The molecule has 1 amide bonds. The minimum atomic E-state index is -0.798. The number of fused-ring (bicyclic) bond motifs is 2. The van der Waals surface area contributed by atoms with Gasteiger partial charge in [0.2, 0.25) is 5.91 Å². The van der Waals surface area contributed by atoms with Gasteiger partial charge in [-0.1, -0.05) is 18.2 Å². The van der Waals surface area contributed by atoms with Crippen LogP contribution in [0.25, 0.3) is 22.0 Å². The number of hydrogen-bond donors (Lipinski definition) is 1. The number of pyridine rings is 1. The zero-order valence-electron chi connectivity index (χ0n) is 15.0. The Labute approximate surface area is 158 Å². The van der Waals surface area contributed by atoms with Crippen molar-refractivity contribution in [2.75, 3.05) is 6.54 Å². The molecule has 28 heavy (non-hydrogen) atoms. The number of nitrogens with zero attached hydrogens (tertiary/aromatic N) is 4. The molecule has 0 bridgehead atoms. The van der Waals surface area contributed by atoms with Gasteiger partial charge < -0.3 is 9.73 Å². The Morgan fingerprint density at radius 3 is 2.89 bits per heavy atom. The van der Waals surface area contributed by atoms with E-state index in [-0.39, 0.29) is 24.6 Å². The van der Waals surface area contributed by atoms with E-state index in [1.54, 1.807) is 49.6 Å². The van der Waals surface area contributed by atoms with Crippen molar-refractivity contribution in [1.29, 1.82) is 0 Å². The molecule has 3 heterocycles. The fraction of sp³-hybridized carbons (Fsp3) is 0.211. The molecule has 1 N–H and O–H groups in total. The summed E-state index contributed by atoms with van der Waals surface area (Å²) in [6.45, 7) is 1.97. The highest BCUT2D eigenvalue weighted by molar-refractivity contribution is 5.82. The van der Waals surface area contributed by atoms with Gasteiger partial charge in [0.05, 0.1) is 11.6 Å². The molecule has 1 atom stereocenters. The lowest BCUT2D eigenvalue weighted by atomic mass is 10.2. The number of aromatic nitrogens is 4. The van der Waals surface area contributed by atoms with Gasteiger partial charge in [0.1, 0.15) is 6.04 Å². The van der Waals surface area contributed by atoms with Crippen LogP contribution in [0.1, 0.15) is 13.0 Å². The molecule has 4 aromatic rings. The summed E-state index contributed by atoms with van der Waals surface area (Å²) in [7, 11) is 0. The lowest BCUT2D eigenvalue weighted by Crippen LogP contribution is -2.38. The predicted octanol–water partition coefficient (Wildman–Crippen LogP) is 1.08. The first kappa shape index (κ1) is 17.7. The number of amides is 1. The zero-order valence-corrected chi connectivity index (χ0v) is 15.0. The molecule has 1 aromatic carbocycles. The van der Waals surface area contributed by atoms with E-state index >= 15 is 0 Å². The Hall–Kier alpha value is -3.75. The first-order valence-corrected chi connectivity index (χ1v) is 8.75. The summed E-state index contributed by atoms with van der Waals surface area (Å²) >= 11 is 0. The molecule has 142 valence electrons. The van der Waals surface area contributed by atoms with Gasteiger partial charge >= 0.3 is 5.76 Å². The number of oxazole rings is 1. The van der Waals surface area contributed by atoms with Crippen molar-refractivity contribution in [2.45, 2.75) is 19.5 Å². The molecular weight excluding hydrogens is 362 g/mol. The van der Waals surface area contributed by atoms with Gasteiger partial charge in [0, 0.05) is 24.7 Å². The first-order valence-electron chi connectivity index (χ1n) is 8.75. The van der Waals surface area contributed by atoms with Crippen LogP contribution >= 0.6 is 0 Å². The number of hydrogen-bond acceptors (Lipinski definition) is 6. The van der Waals surface area contributed by atoms with Gasteiger partial charge in [-0.25, -0.2) is 14.5 Å². The summed E-state index contributed by atoms with van der Waals surface area (Å²) in [5, 5.41) is 8.04. The summed E-state index contributed by atoms with van der Waals surface area (Å²) in [6.07, 6.45) is 3.12. The average molecular weight is 379 g/mol. The van der Waals surface area contributed by atoms with E-state index in [9.17, 15) is 14.4 Å². The van der Waals surface area contributed by atoms with Crippen molar-refractivity contribution in [3.05, 3.63) is 69.7 Å². The van der Waals surface area contributed by atoms with Gasteiger partial charge in [-0.3, -0.25) is 14.2 Å². The summed E-state index contributed by atoms with van der Waals surface area (Å²) in [4.78, 5) is 41.1. The summed E-state index contributed by atoms with van der Waals surface area (Å²) in [5.41, 5.74) is 0.475. The van der Waals surface area contributed by atoms with Gasteiger partial charge in [-0.2, -0.15) is 5.10 Å². The largest absolute Gasteiger partial charge is 0.421 e. The first-order chi connectivity index (χ1) is 13.6. The Morgan fingerprint density at radius 1 is 1.21 bits per heavy atom. The number of rotatable bonds is 5. The molecule has 0 aliphatic rings. The second-order valence-corrected chi connectivity index (χ2v) is 6.29. The highest BCUT2D eigenvalue weighted by Crippen LogP contribution is 2.10. The van der Waals surface area contributed by atoms with Crippen molar-refractivity contribution < 1.29 is 9.21 Å². The third-order valence-corrected chi connectivity index (χ3v) is 4.53. The number of nitrogens with one attached hydrogen (secondary N) is 1. The average Bonchev–Trinajstić information content (AvgIpc) is 3.03. The van der Waals surface area contributed by atoms with Crippen LogP contribution in [0.4, 0.5) is 0 Å². The normalized spacial score (nSPS) is 12.3. The van der Waals surface area contributed by atoms with E-state index in [4.69, 9.17) is 4.42 Å². The molecule has 3 aromatic heterocycles. The highest BCUT2D eigenvalue weighted by atomic mass is 16.4. The molecule has 1 unspecified atom stereocenters. The maximum absolute atomic E-state index is 12.6. The van der Waals surface area contributed by atoms with Crippen LogP contribution < -0.4 is 16.6 Å². The Kier molecular flexibility index (Phi) is 4.48. The quantitative estimate of drug-likeness (QED) is 0.555. The van der Waals surface area contributed by atoms with E-state index in [0.717, 1.165) is 10.1 Å². The minimum absolute atomic E-state index is 0.177. The lowest BCUT2D eigenvalue weighted by molar-refractivity contribution is -0.124. The van der Waals surface area contributed by atoms with Crippen LogP contribution in [0.2, 0.25) is 0 Å². The van der Waals surface area contributed by atoms with Crippen molar-refractivity contribution in [3.8, 4) is 0 Å². The molecule has 0 fully saturated rings. The fourth-order valence-corrected chi connectivity index (χ4v) is 3.03. The maximum atomic E-state index is 12.6. The summed E-state index contributed by atoms with van der Waals surface area (Å²) < 4.78 is 7.61. The van der Waals surface area contributed by atoms with E-state index < -0.39 is 11.8 Å². The molecular formula is C19H17N5O4. The summed E-state index contributed by atoms with van der Waals surface area (Å²) in [6, 6.07) is 9.60. The van der Waals surface area contributed by atoms with E-state index in [0.29, 0.717) is 16.6 Å². The highest BCUT2D eigenvalue weighted by Gasteiger charge is 2.18. The SMILES string of the molecule is CC(C(=O)NCCn1c(=O)oc2cccnc21)n1ncc2ccccc2c1=O. The van der Waals surface area contributed by atoms with Gasteiger partial charge in [0.25, 0.3) is 5.56 Å². The van der Waals surface area contributed by atoms with Gasteiger partial charge in [0.15, 0.2) is 11.2 Å². The number of benzene rings is 1. The van der Waals surface area contributed by atoms with E-state index in [2.05, 4.69) is 15.4 Å². The third-order valence-electron chi connectivity index (χ3n) is 4.53. The number of carbonyl (C=O) groups excluding carboxylic acids is 1. The van der Waals surface area contributed by atoms with Crippen LogP contribution in [-0.4, -0.2) is 31.8 Å².